The van der Waals surface area contributed by atoms with E-state index < -0.39 is 10.8 Å². The first-order valence-corrected chi connectivity index (χ1v) is 11.5. The molecule has 0 radical (unpaired) electrons. The van der Waals surface area contributed by atoms with Crippen LogP contribution in [0.2, 0.25) is 0 Å². The van der Waals surface area contributed by atoms with Crippen LogP contribution in [-0.2, 0) is 11.3 Å². The Bertz CT molecular complexity index is 1160. The lowest BCUT2D eigenvalue weighted by Gasteiger charge is -2.05. The smallest absolute Gasteiger partial charge is 0.272 e. The van der Waals surface area contributed by atoms with Crippen LogP contribution in [0.5, 0.6) is 5.75 Å². The summed E-state index contributed by atoms with van der Waals surface area (Å²) in [5, 5.41) is 10.9. The highest BCUT2D eigenvalue weighted by Gasteiger charge is 2.09. The Morgan fingerprint density at radius 2 is 2.17 bits per heavy atom. The van der Waals surface area contributed by atoms with Crippen LogP contribution in [0.3, 0.4) is 0 Å². The fourth-order valence-corrected chi connectivity index (χ4v) is 4.29. The van der Waals surface area contributed by atoms with E-state index in [0.29, 0.717) is 17.0 Å². The molecule has 0 bridgehead atoms. The Morgan fingerprint density at radius 1 is 1.33 bits per heavy atom. The van der Waals surface area contributed by atoms with Crippen molar-refractivity contribution in [3.8, 4) is 5.75 Å². The molecule has 3 rings (SSSR count). The van der Waals surface area contributed by atoms with Gasteiger partial charge in [-0.25, -0.2) is 0 Å². The van der Waals surface area contributed by atoms with Crippen LogP contribution >= 0.6 is 23.1 Å². The van der Waals surface area contributed by atoms with Crippen molar-refractivity contribution < 1.29 is 14.5 Å². The predicted molar refractivity (Wildman–Crippen MR) is 122 cm³/mol. The first kappa shape index (κ1) is 21.8. The number of thioether (sulfide) groups is 1. The molecule has 0 saturated carbocycles. The number of carbonyl (C=O) groups is 1. The second kappa shape index (κ2) is 10.2. The number of nitro groups is 1. The number of amides is 1. The number of aromatic nitrogens is 1. The van der Waals surface area contributed by atoms with Crippen LogP contribution in [-0.4, -0.2) is 34.0 Å². The lowest BCUT2D eigenvalue weighted by molar-refractivity contribution is -0.384. The molecule has 0 unspecified atom stereocenters. The van der Waals surface area contributed by atoms with Gasteiger partial charge in [0.1, 0.15) is 5.75 Å². The number of benzene rings is 2. The van der Waals surface area contributed by atoms with Crippen molar-refractivity contribution in [3.05, 3.63) is 69.0 Å². The van der Waals surface area contributed by atoms with Crippen LogP contribution in [0.25, 0.3) is 16.3 Å². The van der Waals surface area contributed by atoms with Gasteiger partial charge in [0.15, 0.2) is 4.80 Å². The van der Waals surface area contributed by atoms with Gasteiger partial charge in [-0.2, -0.15) is 16.8 Å². The molecule has 30 heavy (non-hydrogen) atoms. The summed E-state index contributed by atoms with van der Waals surface area (Å²) in [4.78, 5) is 27.8. The van der Waals surface area contributed by atoms with E-state index in [1.165, 1.54) is 35.6 Å². The third-order valence-corrected chi connectivity index (χ3v) is 5.82. The third kappa shape index (κ3) is 5.37. The second-order valence-corrected chi connectivity index (χ2v) is 8.22. The van der Waals surface area contributed by atoms with Gasteiger partial charge in [-0.3, -0.25) is 14.9 Å². The topological polar surface area (TPSA) is 86.7 Å². The largest absolute Gasteiger partial charge is 0.494 e. The van der Waals surface area contributed by atoms with Crippen LogP contribution < -0.4 is 9.54 Å². The molecule has 1 heterocycles. The quantitative estimate of drug-likeness (QED) is 0.290. The summed E-state index contributed by atoms with van der Waals surface area (Å²) in [7, 11) is 0. The minimum absolute atomic E-state index is 0.0222. The minimum Gasteiger partial charge on any atom is -0.494 e. The van der Waals surface area contributed by atoms with Crippen LogP contribution in [0.1, 0.15) is 12.5 Å². The summed E-state index contributed by atoms with van der Waals surface area (Å²) in [6, 6.07) is 12.0. The Kier molecular flexibility index (Phi) is 7.42. The van der Waals surface area contributed by atoms with Gasteiger partial charge in [-0.1, -0.05) is 23.5 Å². The number of thiazole rings is 1. The number of non-ortho nitro benzene ring substituents is 1. The SMILES string of the molecule is CCOc1ccc2c(c1)sc(=NC(=O)C=Cc1cccc([N+](=O)[O-])c1)n2CCSC. The lowest BCUT2D eigenvalue weighted by Crippen LogP contribution is -2.17. The number of fused-ring (bicyclic) bond motifs is 1. The maximum absolute atomic E-state index is 12.5. The predicted octanol–water partition coefficient (Wildman–Crippen LogP) is 4.51. The van der Waals surface area contributed by atoms with Crippen molar-refractivity contribution in [2.75, 3.05) is 18.6 Å². The minimum atomic E-state index is -0.466. The molecule has 7 nitrogen and oxygen atoms in total. The van der Waals surface area contributed by atoms with Gasteiger partial charge in [0.05, 0.1) is 21.7 Å². The van der Waals surface area contributed by atoms with E-state index in [0.717, 1.165) is 28.3 Å². The number of aryl methyl sites for hydroxylation is 1. The Hall–Kier alpha value is -2.91. The van der Waals surface area contributed by atoms with Gasteiger partial charge >= 0.3 is 0 Å². The number of nitrogens with zero attached hydrogens (tertiary/aromatic N) is 3. The maximum Gasteiger partial charge on any atom is 0.272 e. The van der Waals surface area contributed by atoms with Crippen molar-refractivity contribution in [1.82, 2.24) is 4.57 Å². The lowest BCUT2D eigenvalue weighted by atomic mass is 10.2. The molecule has 0 aliphatic rings. The maximum atomic E-state index is 12.5. The molecule has 0 aliphatic carbocycles. The molecule has 0 saturated heterocycles. The number of nitro benzene ring substituents is 1. The zero-order valence-corrected chi connectivity index (χ0v) is 18.2. The van der Waals surface area contributed by atoms with Crippen molar-refractivity contribution >= 4 is 51.0 Å². The zero-order valence-electron chi connectivity index (χ0n) is 16.6. The molecule has 2 aromatic carbocycles. The van der Waals surface area contributed by atoms with E-state index in [4.69, 9.17) is 4.74 Å². The van der Waals surface area contributed by atoms with Crippen LogP contribution in [0.4, 0.5) is 5.69 Å². The van der Waals surface area contributed by atoms with Crippen LogP contribution in [0.15, 0.2) is 53.5 Å². The average Bonchev–Trinajstić information content (AvgIpc) is 3.07. The van der Waals surface area contributed by atoms with Gasteiger partial charge in [-0.15, -0.1) is 0 Å². The van der Waals surface area contributed by atoms with Crippen molar-refractivity contribution in [3.63, 3.8) is 0 Å². The molecule has 0 atom stereocenters. The number of hydrogen-bond acceptors (Lipinski definition) is 6. The molecule has 0 N–H and O–H groups in total. The fourth-order valence-electron chi connectivity index (χ4n) is 2.84. The summed E-state index contributed by atoms with van der Waals surface area (Å²) < 4.78 is 8.61. The first-order chi connectivity index (χ1) is 14.5. The van der Waals surface area contributed by atoms with Crippen LogP contribution in [0, 0.1) is 10.1 Å². The monoisotopic (exact) mass is 443 g/mol. The van der Waals surface area contributed by atoms with E-state index in [9.17, 15) is 14.9 Å². The molecular weight excluding hydrogens is 422 g/mol. The van der Waals surface area contributed by atoms with Gasteiger partial charge in [-0.05, 0) is 43.0 Å². The highest BCUT2D eigenvalue weighted by Crippen LogP contribution is 2.24. The number of rotatable bonds is 8. The molecule has 1 amide bonds. The Balaban J connectivity index is 1.93. The normalized spacial score (nSPS) is 12.0. The van der Waals surface area contributed by atoms with E-state index in [1.54, 1.807) is 23.9 Å². The van der Waals surface area contributed by atoms with E-state index in [-0.39, 0.29) is 5.69 Å². The van der Waals surface area contributed by atoms with E-state index >= 15 is 0 Å². The number of ether oxygens (including phenoxy) is 1. The van der Waals surface area contributed by atoms with Gasteiger partial charge in [0.25, 0.3) is 11.6 Å². The van der Waals surface area contributed by atoms with Gasteiger partial charge in [0, 0.05) is 30.5 Å². The van der Waals surface area contributed by atoms with Crippen molar-refractivity contribution in [2.45, 2.75) is 13.5 Å². The standard InChI is InChI=1S/C21H21N3O4S2/c1-3-28-17-8-9-18-19(14-17)30-21(23(18)11-12-29-2)22-20(25)10-7-15-5-4-6-16(13-15)24(26)27/h4-10,13-14H,3,11-12H2,1-2H3. The molecular formula is C21H21N3O4S2. The van der Waals surface area contributed by atoms with E-state index in [1.807, 2.05) is 35.9 Å². The highest BCUT2D eigenvalue weighted by molar-refractivity contribution is 7.98. The summed E-state index contributed by atoms with van der Waals surface area (Å²) >= 11 is 3.16. The molecule has 1 aromatic heterocycles. The molecule has 156 valence electrons. The number of carbonyl (C=O) groups excluding carboxylic acids is 1. The third-order valence-electron chi connectivity index (χ3n) is 4.19. The summed E-state index contributed by atoms with van der Waals surface area (Å²) in [5.41, 5.74) is 1.55. The van der Waals surface area contributed by atoms with Gasteiger partial charge in [0.2, 0.25) is 0 Å². The Morgan fingerprint density at radius 3 is 2.90 bits per heavy atom. The van der Waals surface area contributed by atoms with E-state index in [2.05, 4.69) is 4.99 Å². The van der Waals surface area contributed by atoms with Crippen molar-refractivity contribution in [2.24, 2.45) is 4.99 Å². The number of hydrogen-bond donors (Lipinski definition) is 0. The zero-order chi connectivity index (χ0) is 21.5. The first-order valence-electron chi connectivity index (χ1n) is 9.28. The van der Waals surface area contributed by atoms with Gasteiger partial charge < -0.3 is 9.30 Å². The molecule has 3 aromatic rings. The molecule has 0 spiro atoms. The fraction of sp³-hybridized carbons (Fsp3) is 0.238. The summed E-state index contributed by atoms with van der Waals surface area (Å²) in [5.74, 6) is 1.26. The van der Waals surface area contributed by atoms with Crippen molar-refractivity contribution in [1.29, 1.82) is 0 Å². The second-order valence-electron chi connectivity index (χ2n) is 6.23. The molecule has 9 heteroatoms. The molecule has 0 fully saturated rings. The average molecular weight is 444 g/mol. The summed E-state index contributed by atoms with van der Waals surface area (Å²) in [6.45, 7) is 3.25. The Labute approximate surface area is 181 Å². The highest BCUT2D eigenvalue weighted by atomic mass is 32.2. The molecule has 0 aliphatic heterocycles. The summed E-state index contributed by atoms with van der Waals surface area (Å²) in [6.07, 6.45) is 4.89.